The number of esters is 3. The summed E-state index contributed by atoms with van der Waals surface area (Å²) in [5.74, 6) is 0.777. The highest BCUT2D eigenvalue weighted by Crippen LogP contribution is 2.17. The Kier molecular flexibility index (Phi) is 38.9. The molecule has 6 nitrogen and oxygen atoms in total. The van der Waals surface area contributed by atoms with Crippen LogP contribution in [0.4, 0.5) is 0 Å². The molecule has 0 rings (SSSR count). The lowest BCUT2D eigenvalue weighted by molar-refractivity contribution is -0.167. The number of hydrogen-bond donors (Lipinski definition) is 0. The summed E-state index contributed by atoms with van der Waals surface area (Å²) in [5.41, 5.74) is 0. The van der Waals surface area contributed by atoms with E-state index in [0.29, 0.717) is 19.3 Å². The average Bonchev–Trinajstić information content (AvgIpc) is 3.14. The molecule has 1 unspecified atom stereocenters. The van der Waals surface area contributed by atoms with Gasteiger partial charge in [0.05, 0.1) is 0 Å². The monoisotopic (exact) mass is 751 g/mol. The molecule has 0 radical (unpaired) electrons. The Hall–Kier alpha value is -1.59. The van der Waals surface area contributed by atoms with Crippen molar-refractivity contribution in [2.45, 2.75) is 259 Å². The van der Waals surface area contributed by atoms with Gasteiger partial charge in [-0.25, -0.2) is 0 Å². The molecular weight excluding hydrogens is 661 g/mol. The summed E-state index contributed by atoms with van der Waals surface area (Å²) in [5, 5.41) is 0. The summed E-state index contributed by atoms with van der Waals surface area (Å²) in [4.78, 5) is 37.7. The Balaban J connectivity index is 4.32. The molecule has 0 aliphatic rings. The Morgan fingerprint density at radius 1 is 0.396 bits per heavy atom. The molecule has 0 aromatic carbocycles. The third-order valence-electron chi connectivity index (χ3n) is 10.8. The van der Waals surface area contributed by atoms with Crippen LogP contribution in [-0.2, 0) is 28.6 Å². The third-order valence-corrected chi connectivity index (χ3v) is 10.8. The number of carbonyl (C=O) groups excluding carboxylic acids is 3. The summed E-state index contributed by atoms with van der Waals surface area (Å²) < 4.78 is 16.7. The zero-order chi connectivity index (χ0) is 39.0. The van der Waals surface area contributed by atoms with Crippen molar-refractivity contribution in [3.63, 3.8) is 0 Å². The molecule has 0 amide bonds. The number of unbranched alkanes of at least 4 members (excludes halogenated alkanes) is 25. The minimum atomic E-state index is -0.761. The highest BCUT2D eigenvalue weighted by atomic mass is 16.6. The molecular formula is C47H90O6. The van der Waals surface area contributed by atoms with Crippen LogP contribution in [0.15, 0.2) is 0 Å². The maximum Gasteiger partial charge on any atom is 0.306 e. The fourth-order valence-electron chi connectivity index (χ4n) is 6.90. The predicted octanol–water partition coefficient (Wildman–Crippen LogP) is 14.6. The molecule has 0 saturated heterocycles. The quantitative estimate of drug-likeness (QED) is 0.0352. The molecule has 0 spiro atoms. The van der Waals surface area contributed by atoms with E-state index in [1.807, 2.05) is 0 Å². The largest absolute Gasteiger partial charge is 0.462 e. The van der Waals surface area contributed by atoms with E-state index in [4.69, 9.17) is 14.2 Å². The Labute approximate surface area is 329 Å². The highest BCUT2D eigenvalue weighted by molar-refractivity contribution is 5.71. The zero-order valence-electron chi connectivity index (χ0n) is 36.1. The summed E-state index contributed by atoms with van der Waals surface area (Å²) in [6, 6.07) is 0. The maximum atomic E-state index is 12.7. The molecule has 0 fully saturated rings. The van der Waals surface area contributed by atoms with Gasteiger partial charge in [0.25, 0.3) is 0 Å². The van der Waals surface area contributed by atoms with Gasteiger partial charge in [0.15, 0.2) is 6.10 Å². The van der Waals surface area contributed by atoms with Crippen LogP contribution < -0.4 is 0 Å². The van der Waals surface area contributed by atoms with Crippen LogP contribution in [0.25, 0.3) is 0 Å². The first-order valence-electron chi connectivity index (χ1n) is 23.3. The summed E-state index contributed by atoms with van der Waals surface area (Å²) >= 11 is 0. The van der Waals surface area contributed by atoms with Gasteiger partial charge in [-0.15, -0.1) is 0 Å². The number of hydrogen-bond acceptors (Lipinski definition) is 6. The lowest BCUT2D eigenvalue weighted by atomic mass is 10.00. The molecule has 0 saturated carbocycles. The van der Waals surface area contributed by atoms with Gasteiger partial charge in [-0.3, -0.25) is 14.4 Å². The Morgan fingerprint density at radius 2 is 0.717 bits per heavy atom. The average molecular weight is 751 g/mol. The van der Waals surface area contributed by atoms with E-state index >= 15 is 0 Å². The van der Waals surface area contributed by atoms with Crippen molar-refractivity contribution in [2.75, 3.05) is 13.2 Å². The summed E-state index contributed by atoms with van der Waals surface area (Å²) in [7, 11) is 0. The second kappa shape index (κ2) is 40.1. The van der Waals surface area contributed by atoms with E-state index < -0.39 is 6.10 Å². The van der Waals surface area contributed by atoms with E-state index in [-0.39, 0.29) is 31.1 Å². The second-order valence-corrected chi connectivity index (χ2v) is 16.8. The van der Waals surface area contributed by atoms with Crippen LogP contribution in [-0.4, -0.2) is 37.2 Å². The minimum Gasteiger partial charge on any atom is -0.462 e. The molecule has 0 N–H and O–H groups in total. The molecule has 0 aliphatic carbocycles. The van der Waals surface area contributed by atoms with Crippen molar-refractivity contribution >= 4 is 17.9 Å². The standard InChI is InChI=1S/C47H90O6/c1-6-8-9-10-11-12-14-18-21-27-32-37-45(48)51-40-44(53-47(50)39-34-29-24-23-26-31-36-43(5)7-2)41-52-46(49)38-33-28-22-19-16-13-15-17-20-25-30-35-42(3)4/h42-44H,6-41H2,1-5H3/t43?,44-/m0/s1. The maximum absolute atomic E-state index is 12.7. The van der Waals surface area contributed by atoms with Crippen molar-refractivity contribution in [3.05, 3.63) is 0 Å². The fourth-order valence-corrected chi connectivity index (χ4v) is 6.90. The van der Waals surface area contributed by atoms with Gasteiger partial charge in [0.2, 0.25) is 0 Å². The number of carbonyl (C=O) groups is 3. The molecule has 0 aromatic rings. The molecule has 6 heteroatoms. The molecule has 2 atom stereocenters. The molecule has 0 bridgehead atoms. The first-order valence-corrected chi connectivity index (χ1v) is 23.3. The van der Waals surface area contributed by atoms with Gasteiger partial charge in [0, 0.05) is 19.3 Å². The first kappa shape index (κ1) is 51.4. The van der Waals surface area contributed by atoms with Crippen molar-refractivity contribution in [3.8, 4) is 0 Å². The van der Waals surface area contributed by atoms with Gasteiger partial charge in [-0.05, 0) is 31.1 Å². The van der Waals surface area contributed by atoms with Crippen LogP contribution in [0.1, 0.15) is 253 Å². The molecule has 0 aromatic heterocycles. The molecule has 314 valence electrons. The lowest BCUT2D eigenvalue weighted by Crippen LogP contribution is -2.30. The summed E-state index contributed by atoms with van der Waals surface area (Å²) in [6.45, 7) is 11.3. The van der Waals surface area contributed by atoms with E-state index in [9.17, 15) is 14.4 Å². The van der Waals surface area contributed by atoms with Gasteiger partial charge >= 0.3 is 17.9 Å². The topological polar surface area (TPSA) is 78.9 Å². The molecule has 0 aliphatic heterocycles. The third kappa shape index (κ3) is 39.9. The van der Waals surface area contributed by atoms with Gasteiger partial charge in [-0.2, -0.15) is 0 Å². The lowest BCUT2D eigenvalue weighted by Gasteiger charge is -2.18. The normalized spacial score (nSPS) is 12.6. The van der Waals surface area contributed by atoms with Crippen LogP contribution in [0.2, 0.25) is 0 Å². The van der Waals surface area contributed by atoms with Crippen molar-refractivity contribution in [2.24, 2.45) is 11.8 Å². The first-order chi connectivity index (χ1) is 25.8. The molecule has 53 heavy (non-hydrogen) atoms. The van der Waals surface area contributed by atoms with Gasteiger partial charge in [0.1, 0.15) is 13.2 Å². The van der Waals surface area contributed by atoms with Crippen LogP contribution in [0, 0.1) is 11.8 Å². The van der Waals surface area contributed by atoms with Gasteiger partial charge < -0.3 is 14.2 Å². The van der Waals surface area contributed by atoms with E-state index in [2.05, 4.69) is 34.6 Å². The van der Waals surface area contributed by atoms with Crippen LogP contribution >= 0.6 is 0 Å². The molecule has 0 heterocycles. The SMILES string of the molecule is CCCCCCCCCCCCCC(=O)OC[C@@H](COC(=O)CCCCCCCCCCCCCC(C)C)OC(=O)CCCCCCCCC(C)CC. The minimum absolute atomic E-state index is 0.0655. The predicted molar refractivity (Wildman–Crippen MR) is 224 cm³/mol. The zero-order valence-corrected chi connectivity index (χ0v) is 36.1. The Bertz CT molecular complexity index is 811. The van der Waals surface area contributed by atoms with E-state index in [1.165, 1.54) is 141 Å². The van der Waals surface area contributed by atoms with Crippen LogP contribution in [0.3, 0.4) is 0 Å². The fraction of sp³-hybridized carbons (Fsp3) is 0.936. The van der Waals surface area contributed by atoms with Gasteiger partial charge in [-0.1, -0.05) is 214 Å². The van der Waals surface area contributed by atoms with Crippen molar-refractivity contribution < 1.29 is 28.6 Å². The van der Waals surface area contributed by atoms with E-state index in [0.717, 1.165) is 69.6 Å². The number of ether oxygens (including phenoxy) is 3. The summed E-state index contributed by atoms with van der Waals surface area (Å²) in [6.07, 6.45) is 38.0. The van der Waals surface area contributed by atoms with Crippen molar-refractivity contribution in [1.29, 1.82) is 0 Å². The Morgan fingerprint density at radius 3 is 1.08 bits per heavy atom. The van der Waals surface area contributed by atoms with E-state index in [1.54, 1.807) is 0 Å². The second-order valence-electron chi connectivity index (χ2n) is 16.8. The number of rotatable bonds is 41. The highest BCUT2D eigenvalue weighted by Gasteiger charge is 2.19. The van der Waals surface area contributed by atoms with Crippen LogP contribution in [0.5, 0.6) is 0 Å². The van der Waals surface area contributed by atoms with Crippen molar-refractivity contribution in [1.82, 2.24) is 0 Å². The smallest absolute Gasteiger partial charge is 0.306 e.